The van der Waals surface area contributed by atoms with Gasteiger partial charge in [-0.25, -0.2) is 0 Å². The maximum atomic E-state index is 11.0. The number of hydrogen-bond acceptors (Lipinski definition) is 2. The zero-order valence-corrected chi connectivity index (χ0v) is 10.7. The lowest BCUT2D eigenvalue weighted by atomic mass is 9.86. The predicted molar refractivity (Wildman–Crippen MR) is 67.3 cm³/mol. The van der Waals surface area contributed by atoms with Gasteiger partial charge in [0.25, 0.3) is 0 Å². The molecule has 1 atom stereocenters. The second-order valence-electron chi connectivity index (χ2n) is 5.13. The Labute approximate surface area is 102 Å². The predicted octanol–water partition coefficient (Wildman–Crippen LogP) is 2.68. The Morgan fingerprint density at radius 2 is 1.82 bits per heavy atom. The van der Waals surface area contributed by atoms with Crippen molar-refractivity contribution in [3.05, 3.63) is 35.4 Å². The average Bonchev–Trinajstić information content (AvgIpc) is 2.24. The summed E-state index contributed by atoms with van der Waals surface area (Å²) in [5.41, 5.74) is 2.12. The van der Waals surface area contributed by atoms with Crippen molar-refractivity contribution in [2.24, 2.45) is 0 Å². The van der Waals surface area contributed by atoms with E-state index in [9.17, 15) is 4.79 Å². The van der Waals surface area contributed by atoms with Crippen LogP contribution >= 0.6 is 0 Å². The summed E-state index contributed by atoms with van der Waals surface area (Å²) in [6, 6.07) is 9.30. The Bertz CT molecular complexity index is 435. The molecule has 1 aromatic rings. The molecule has 0 aromatic heterocycles. The van der Waals surface area contributed by atoms with Crippen molar-refractivity contribution in [1.82, 2.24) is 5.32 Å². The fourth-order valence-electron chi connectivity index (χ4n) is 1.57. The second-order valence-corrected chi connectivity index (χ2v) is 5.13. The van der Waals surface area contributed by atoms with E-state index in [1.165, 1.54) is 12.5 Å². The smallest absolute Gasteiger partial charge is 0.218 e. The van der Waals surface area contributed by atoms with Crippen molar-refractivity contribution in [2.45, 2.75) is 39.2 Å². The summed E-state index contributed by atoms with van der Waals surface area (Å²) in [5, 5.41) is 11.6. The molecule has 1 amide bonds. The molecule has 0 aliphatic rings. The third-order valence-electron chi connectivity index (χ3n) is 2.59. The molecule has 1 rings (SSSR count). The summed E-state index contributed by atoms with van der Waals surface area (Å²) in [5.74, 6) is -0.198. The molecule has 0 heterocycles. The van der Waals surface area contributed by atoms with Crippen LogP contribution in [0.4, 0.5) is 0 Å². The number of nitrogens with one attached hydrogen (secondary N) is 1. The number of nitriles is 1. The van der Waals surface area contributed by atoms with Crippen LogP contribution in [0.5, 0.6) is 0 Å². The second kappa shape index (κ2) is 5.01. The number of carbonyl (C=O) groups excluding carboxylic acids is 1. The number of amides is 1. The van der Waals surface area contributed by atoms with Gasteiger partial charge in [0.1, 0.15) is 6.04 Å². The summed E-state index contributed by atoms with van der Waals surface area (Å²) in [7, 11) is 0. The minimum Gasteiger partial charge on any atom is -0.337 e. The van der Waals surface area contributed by atoms with Gasteiger partial charge in [0.15, 0.2) is 0 Å². The summed E-state index contributed by atoms with van der Waals surface area (Å²) in [6.07, 6.45) is 0. The van der Waals surface area contributed by atoms with Crippen LogP contribution in [0.15, 0.2) is 24.3 Å². The molecule has 0 bridgehead atoms. The highest BCUT2D eigenvalue weighted by molar-refractivity contribution is 5.73. The normalized spacial score (nSPS) is 12.6. The first-order valence-electron chi connectivity index (χ1n) is 5.62. The lowest BCUT2D eigenvalue weighted by Crippen LogP contribution is -2.24. The summed E-state index contributed by atoms with van der Waals surface area (Å²) in [6.45, 7) is 7.82. The average molecular weight is 230 g/mol. The number of hydrogen-bond donors (Lipinski definition) is 1. The van der Waals surface area contributed by atoms with Gasteiger partial charge in [-0.3, -0.25) is 4.79 Å². The minimum absolute atomic E-state index is 0.0919. The largest absolute Gasteiger partial charge is 0.337 e. The van der Waals surface area contributed by atoms with Crippen LogP contribution in [0.25, 0.3) is 0 Å². The van der Waals surface area contributed by atoms with E-state index in [2.05, 4.69) is 32.2 Å². The van der Waals surface area contributed by atoms with Crippen molar-refractivity contribution >= 4 is 5.91 Å². The van der Waals surface area contributed by atoms with Gasteiger partial charge >= 0.3 is 0 Å². The fraction of sp³-hybridized carbons (Fsp3) is 0.429. The van der Waals surface area contributed by atoms with Crippen LogP contribution in [-0.2, 0) is 10.2 Å². The standard InChI is InChI=1S/C14H18N2O/c1-10(17)16-13(9-15)11-5-7-12(8-6-11)14(2,3)4/h5-8,13H,1-4H3,(H,16,17)/t13-/m0/s1. The molecule has 90 valence electrons. The first-order valence-corrected chi connectivity index (χ1v) is 5.62. The zero-order chi connectivity index (χ0) is 13.1. The molecular formula is C14H18N2O. The van der Waals surface area contributed by atoms with E-state index in [1.807, 2.05) is 24.3 Å². The molecular weight excluding hydrogens is 212 g/mol. The van der Waals surface area contributed by atoms with Crippen LogP contribution in [0.3, 0.4) is 0 Å². The summed E-state index contributed by atoms with van der Waals surface area (Å²) >= 11 is 0. The molecule has 3 heteroatoms. The zero-order valence-electron chi connectivity index (χ0n) is 10.7. The first-order chi connectivity index (χ1) is 7.84. The molecule has 0 saturated carbocycles. The van der Waals surface area contributed by atoms with E-state index in [4.69, 9.17) is 5.26 Å². The van der Waals surface area contributed by atoms with Gasteiger partial charge in [0.05, 0.1) is 6.07 Å². The highest BCUT2D eigenvalue weighted by atomic mass is 16.1. The molecule has 0 saturated heterocycles. The SMILES string of the molecule is CC(=O)N[C@@H](C#N)c1ccc(C(C)(C)C)cc1. The molecule has 0 aliphatic heterocycles. The van der Waals surface area contributed by atoms with Gasteiger partial charge in [-0.05, 0) is 16.5 Å². The van der Waals surface area contributed by atoms with Crippen molar-refractivity contribution in [3.63, 3.8) is 0 Å². The molecule has 0 unspecified atom stereocenters. The van der Waals surface area contributed by atoms with Gasteiger partial charge in [-0.1, -0.05) is 45.0 Å². The number of carbonyl (C=O) groups is 1. The molecule has 0 spiro atoms. The van der Waals surface area contributed by atoms with E-state index in [-0.39, 0.29) is 11.3 Å². The summed E-state index contributed by atoms with van der Waals surface area (Å²) in [4.78, 5) is 11.0. The Hall–Kier alpha value is -1.82. The van der Waals surface area contributed by atoms with E-state index in [1.54, 1.807) is 0 Å². The van der Waals surface area contributed by atoms with Crippen molar-refractivity contribution in [2.75, 3.05) is 0 Å². The van der Waals surface area contributed by atoms with Gasteiger partial charge in [-0.2, -0.15) is 5.26 Å². The van der Waals surface area contributed by atoms with E-state index < -0.39 is 6.04 Å². The van der Waals surface area contributed by atoms with Crippen LogP contribution in [0, 0.1) is 11.3 Å². The van der Waals surface area contributed by atoms with Gasteiger partial charge in [0.2, 0.25) is 5.91 Å². The van der Waals surface area contributed by atoms with Crippen LogP contribution in [-0.4, -0.2) is 5.91 Å². The highest BCUT2D eigenvalue weighted by Crippen LogP contribution is 2.23. The molecule has 3 nitrogen and oxygen atoms in total. The third kappa shape index (κ3) is 3.60. The molecule has 1 aromatic carbocycles. The lowest BCUT2D eigenvalue weighted by Gasteiger charge is -2.20. The molecule has 1 N–H and O–H groups in total. The minimum atomic E-state index is -0.568. The molecule has 0 radical (unpaired) electrons. The maximum absolute atomic E-state index is 11.0. The van der Waals surface area contributed by atoms with E-state index in [0.717, 1.165) is 5.56 Å². The molecule has 0 aliphatic carbocycles. The number of benzene rings is 1. The number of nitrogens with zero attached hydrogens (tertiary/aromatic N) is 1. The monoisotopic (exact) mass is 230 g/mol. The van der Waals surface area contributed by atoms with Gasteiger partial charge in [-0.15, -0.1) is 0 Å². The van der Waals surface area contributed by atoms with Gasteiger partial charge in [0, 0.05) is 6.92 Å². The summed E-state index contributed by atoms with van der Waals surface area (Å²) < 4.78 is 0. The van der Waals surface area contributed by atoms with E-state index in [0.29, 0.717) is 0 Å². The van der Waals surface area contributed by atoms with Crippen LogP contribution in [0.1, 0.15) is 44.9 Å². The Balaban J connectivity index is 2.94. The maximum Gasteiger partial charge on any atom is 0.218 e. The third-order valence-corrected chi connectivity index (χ3v) is 2.59. The van der Waals surface area contributed by atoms with E-state index >= 15 is 0 Å². The Morgan fingerprint density at radius 1 is 1.29 bits per heavy atom. The Morgan fingerprint density at radius 3 is 2.18 bits per heavy atom. The van der Waals surface area contributed by atoms with Crippen molar-refractivity contribution in [3.8, 4) is 6.07 Å². The van der Waals surface area contributed by atoms with Crippen molar-refractivity contribution < 1.29 is 4.79 Å². The van der Waals surface area contributed by atoms with Crippen LogP contribution < -0.4 is 5.32 Å². The Kier molecular flexibility index (Phi) is 3.90. The lowest BCUT2D eigenvalue weighted by molar-refractivity contribution is -0.119. The fourth-order valence-corrected chi connectivity index (χ4v) is 1.57. The van der Waals surface area contributed by atoms with Crippen LogP contribution in [0.2, 0.25) is 0 Å². The quantitative estimate of drug-likeness (QED) is 0.849. The van der Waals surface area contributed by atoms with Gasteiger partial charge < -0.3 is 5.32 Å². The topological polar surface area (TPSA) is 52.9 Å². The molecule has 17 heavy (non-hydrogen) atoms. The number of rotatable bonds is 2. The van der Waals surface area contributed by atoms with Crippen molar-refractivity contribution in [1.29, 1.82) is 5.26 Å². The molecule has 0 fully saturated rings. The highest BCUT2D eigenvalue weighted by Gasteiger charge is 2.15. The first kappa shape index (κ1) is 13.2.